The quantitative estimate of drug-likeness (QED) is 0.826. The maximum absolute atomic E-state index is 3.59. The van der Waals surface area contributed by atoms with Gasteiger partial charge in [-0.05, 0) is 51.5 Å². The summed E-state index contributed by atoms with van der Waals surface area (Å²) in [4.78, 5) is 2.81. The van der Waals surface area contributed by atoms with Crippen LogP contribution in [0, 0.1) is 11.8 Å². The van der Waals surface area contributed by atoms with E-state index in [9.17, 15) is 0 Å². The molecule has 0 amide bonds. The fourth-order valence-electron chi connectivity index (χ4n) is 4.40. The molecule has 1 heterocycles. The minimum absolute atomic E-state index is 0.728. The van der Waals surface area contributed by atoms with Gasteiger partial charge in [0, 0.05) is 24.7 Å². The second kappa shape index (κ2) is 6.38. The van der Waals surface area contributed by atoms with Crippen molar-refractivity contribution in [3.05, 3.63) is 0 Å². The molecule has 2 rings (SSSR count). The van der Waals surface area contributed by atoms with E-state index >= 15 is 0 Å². The Bertz CT molecular complexity index is 253. The Balaban J connectivity index is 2.01. The highest BCUT2D eigenvalue weighted by Gasteiger charge is 2.38. The zero-order chi connectivity index (χ0) is 13.1. The van der Waals surface area contributed by atoms with Gasteiger partial charge in [-0.25, -0.2) is 0 Å². The summed E-state index contributed by atoms with van der Waals surface area (Å²) in [5.74, 6) is 1.87. The zero-order valence-corrected chi connectivity index (χ0v) is 12.8. The first kappa shape index (κ1) is 14.3. The second-order valence-electron chi connectivity index (χ2n) is 6.82. The molecule has 1 saturated carbocycles. The standard InChI is InChI=1S/C16H32N2/c1-5-6-14-7-8-15(17-4)16(10-14)18-11-12(2)9-13(18)3/h12-17H,5-11H2,1-4H3. The third kappa shape index (κ3) is 3.08. The fraction of sp³-hybridized carbons (Fsp3) is 1.00. The molecule has 0 aromatic carbocycles. The van der Waals surface area contributed by atoms with Gasteiger partial charge in [-0.15, -0.1) is 0 Å². The van der Waals surface area contributed by atoms with Gasteiger partial charge in [0.05, 0.1) is 0 Å². The molecule has 2 nitrogen and oxygen atoms in total. The lowest BCUT2D eigenvalue weighted by Gasteiger charge is -2.43. The van der Waals surface area contributed by atoms with Crippen molar-refractivity contribution in [1.29, 1.82) is 0 Å². The summed E-state index contributed by atoms with van der Waals surface area (Å²) in [5.41, 5.74) is 0. The Hall–Kier alpha value is -0.0800. The average Bonchev–Trinajstić information content (AvgIpc) is 2.69. The van der Waals surface area contributed by atoms with E-state index in [1.165, 1.54) is 45.1 Å². The van der Waals surface area contributed by atoms with Crippen molar-refractivity contribution in [2.75, 3.05) is 13.6 Å². The molecule has 2 aliphatic rings. The molecule has 5 atom stereocenters. The molecule has 1 saturated heterocycles. The molecule has 0 radical (unpaired) electrons. The number of nitrogens with zero attached hydrogens (tertiary/aromatic N) is 1. The van der Waals surface area contributed by atoms with Crippen LogP contribution in [-0.2, 0) is 0 Å². The van der Waals surface area contributed by atoms with Gasteiger partial charge in [-0.1, -0.05) is 26.7 Å². The van der Waals surface area contributed by atoms with Crippen LogP contribution in [0.25, 0.3) is 0 Å². The van der Waals surface area contributed by atoms with E-state index in [2.05, 4.69) is 38.0 Å². The van der Waals surface area contributed by atoms with E-state index in [1.807, 2.05) is 0 Å². The number of likely N-dealkylation sites (N-methyl/N-ethyl adjacent to an activating group) is 1. The van der Waals surface area contributed by atoms with E-state index in [0.29, 0.717) is 0 Å². The van der Waals surface area contributed by atoms with Gasteiger partial charge in [0.25, 0.3) is 0 Å². The maximum atomic E-state index is 3.59. The monoisotopic (exact) mass is 252 g/mol. The van der Waals surface area contributed by atoms with Crippen molar-refractivity contribution >= 4 is 0 Å². The van der Waals surface area contributed by atoms with Crippen molar-refractivity contribution in [3.8, 4) is 0 Å². The molecule has 2 heteroatoms. The minimum atomic E-state index is 0.728. The third-order valence-corrected chi connectivity index (χ3v) is 5.25. The number of rotatable bonds is 4. The molecule has 1 aliphatic carbocycles. The van der Waals surface area contributed by atoms with Gasteiger partial charge in [0.2, 0.25) is 0 Å². The van der Waals surface area contributed by atoms with E-state index in [-0.39, 0.29) is 0 Å². The third-order valence-electron chi connectivity index (χ3n) is 5.25. The van der Waals surface area contributed by atoms with Gasteiger partial charge in [0.15, 0.2) is 0 Å². The summed E-state index contributed by atoms with van der Waals surface area (Å²) < 4.78 is 0. The molecule has 0 bridgehead atoms. The smallest absolute Gasteiger partial charge is 0.0254 e. The molecule has 0 aromatic rings. The lowest BCUT2D eigenvalue weighted by Crippen LogP contribution is -2.53. The van der Waals surface area contributed by atoms with Crippen LogP contribution in [0.3, 0.4) is 0 Å². The molecule has 1 aliphatic heterocycles. The second-order valence-corrected chi connectivity index (χ2v) is 6.82. The summed E-state index contributed by atoms with van der Waals surface area (Å²) in [6.45, 7) is 8.50. The van der Waals surface area contributed by atoms with Crippen LogP contribution in [0.2, 0.25) is 0 Å². The molecule has 18 heavy (non-hydrogen) atoms. The normalized spacial score (nSPS) is 42.3. The summed E-state index contributed by atoms with van der Waals surface area (Å²) in [6, 6.07) is 2.31. The van der Waals surface area contributed by atoms with Gasteiger partial charge in [-0.2, -0.15) is 0 Å². The summed E-state index contributed by atoms with van der Waals surface area (Å²) >= 11 is 0. The summed E-state index contributed by atoms with van der Waals surface area (Å²) in [5, 5.41) is 3.59. The lowest BCUT2D eigenvalue weighted by atomic mass is 9.79. The van der Waals surface area contributed by atoms with Crippen molar-refractivity contribution in [3.63, 3.8) is 0 Å². The number of likely N-dealkylation sites (tertiary alicyclic amines) is 1. The zero-order valence-electron chi connectivity index (χ0n) is 12.8. The Kier molecular flexibility index (Phi) is 5.08. The van der Waals surface area contributed by atoms with Crippen molar-refractivity contribution in [1.82, 2.24) is 10.2 Å². The van der Waals surface area contributed by atoms with Crippen LogP contribution in [0.5, 0.6) is 0 Å². The van der Waals surface area contributed by atoms with Crippen LogP contribution >= 0.6 is 0 Å². The topological polar surface area (TPSA) is 15.3 Å². The van der Waals surface area contributed by atoms with E-state index in [0.717, 1.165) is 30.0 Å². The van der Waals surface area contributed by atoms with Gasteiger partial charge in [0.1, 0.15) is 0 Å². The lowest BCUT2D eigenvalue weighted by molar-refractivity contribution is 0.0901. The Morgan fingerprint density at radius 1 is 1.17 bits per heavy atom. The van der Waals surface area contributed by atoms with Crippen molar-refractivity contribution in [2.45, 2.75) is 77.4 Å². The predicted molar refractivity (Wildman–Crippen MR) is 78.8 cm³/mol. The van der Waals surface area contributed by atoms with Crippen molar-refractivity contribution < 1.29 is 0 Å². The van der Waals surface area contributed by atoms with Gasteiger partial charge in [-0.3, -0.25) is 4.90 Å². The van der Waals surface area contributed by atoms with Crippen LogP contribution in [0.15, 0.2) is 0 Å². The molecular weight excluding hydrogens is 220 g/mol. The molecule has 0 aromatic heterocycles. The first-order valence-electron chi connectivity index (χ1n) is 8.08. The number of hydrogen-bond donors (Lipinski definition) is 1. The average molecular weight is 252 g/mol. The van der Waals surface area contributed by atoms with E-state index in [1.54, 1.807) is 0 Å². The Morgan fingerprint density at radius 2 is 1.94 bits per heavy atom. The number of nitrogens with one attached hydrogen (secondary N) is 1. The minimum Gasteiger partial charge on any atom is -0.315 e. The largest absolute Gasteiger partial charge is 0.315 e. The first-order valence-corrected chi connectivity index (χ1v) is 8.08. The Morgan fingerprint density at radius 3 is 2.50 bits per heavy atom. The van der Waals surface area contributed by atoms with Crippen LogP contribution in [0.1, 0.15) is 59.3 Å². The van der Waals surface area contributed by atoms with Crippen molar-refractivity contribution in [2.24, 2.45) is 11.8 Å². The van der Waals surface area contributed by atoms with E-state index in [4.69, 9.17) is 0 Å². The highest BCUT2D eigenvalue weighted by Crippen LogP contribution is 2.35. The molecular formula is C16H32N2. The fourth-order valence-corrected chi connectivity index (χ4v) is 4.40. The van der Waals surface area contributed by atoms with Gasteiger partial charge >= 0.3 is 0 Å². The molecule has 106 valence electrons. The SMILES string of the molecule is CCCC1CCC(NC)C(N2CC(C)CC2C)C1. The van der Waals surface area contributed by atoms with E-state index < -0.39 is 0 Å². The molecule has 5 unspecified atom stereocenters. The molecule has 0 spiro atoms. The molecule has 1 N–H and O–H groups in total. The van der Waals surface area contributed by atoms with Crippen LogP contribution < -0.4 is 5.32 Å². The highest BCUT2D eigenvalue weighted by molar-refractivity contribution is 4.95. The van der Waals surface area contributed by atoms with Gasteiger partial charge < -0.3 is 5.32 Å². The van der Waals surface area contributed by atoms with Crippen LogP contribution in [-0.4, -0.2) is 36.6 Å². The first-order chi connectivity index (χ1) is 8.65. The summed E-state index contributed by atoms with van der Waals surface area (Å²) in [6.07, 6.45) is 8.43. The Labute approximate surface area is 114 Å². The highest BCUT2D eigenvalue weighted by atomic mass is 15.2. The predicted octanol–water partition coefficient (Wildman–Crippen LogP) is 3.27. The maximum Gasteiger partial charge on any atom is 0.0254 e. The summed E-state index contributed by atoms with van der Waals surface area (Å²) in [7, 11) is 2.15. The number of hydrogen-bond acceptors (Lipinski definition) is 2. The van der Waals surface area contributed by atoms with Crippen LogP contribution in [0.4, 0.5) is 0 Å². The molecule has 2 fully saturated rings.